The van der Waals surface area contributed by atoms with E-state index < -0.39 is 10.8 Å². The highest BCUT2D eigenvalue weighted by atomic mass is 16.6. The number of hydrogen-bond acceptors (Lipinski definition) is 4. The SMILES string of the molecule is Cc1cc([N+](=O)[O-])ccc1N(C)CC(N)=O. The Labute approximate surface area is 92.8 Å². The van der Waals surface area contributed by atoms with Crippen molar-refractivity contribution in [1.29, 1.82) is 0 Å². The maximum atomic E-state index is 10.7. The van der Waals surface area contributed by atoms with Crippen molar-refractivity contribution in [3.63, 3.8) is 0 Å². The summed E-state index contributed by atoms with van der Waals surface area (Å²) >= 11 is 0. The number of nitro groups is 1. The van der Waals surface area contributed by atoms with Gasteiger partial charge < -0.3 is 10.6 Å². The molecule has 0 aliphatic heterocycles. The lowest BCUT2D eigenvalue weighted by Crippen LogP contribution is -2.30. The molecule has 0 aliphatic rings. The first-order valence-corrected chi connectivity index (χ1v) is 4.66. The third-order valence-electron chi connectivity index (χ3n) is 2.20. The first-order valence-electron chi connectivity index (χ1n) is 4.66. The monoisotopic (exact) mass is 223 g/mol. The molecule has 6 heteroatoms. The average Bonchev–Trinajstić information content (AvgIpc) is 2.15. The number of hydrogen-bond donors (Lipinski definition) is 1. The van der Waals surface area contributed by atoms with E-state index in [1.165, 1.54) is 12.1 Å². The van der Waals surface area contributed by atoms with Crippen LogP contribution >= 0.6 is 0 Å². The molecule has 86 valence electrons. The fourth-order valence-corrected chi connectivity index (χ4v) is 1.50. The van der Waals surface area contributed by atoms with Crippen LogP contribution in [-0.4, -0.2) is 24.4 Å². The third kappa shape index (κ3) is 2.69. The second-order valence-electron chi connectivity index (χ2n) is 3.55. The quantitative estimate of drug-likeness (QED) is 0.604. The van der Waals surface area contributed by atoms with Gasteiger partial charge >= 0.3 is 0 Å². The van der Waals surface area contributed by atoms with Crippen LogP contribution in [0.15, 0.2) is 18.2 Å². The van der Waals surface area contributed by atoms with Crippen molar-refractivity contribution in [1.82, 2.24) is 0 Å². The molecule has 0 atom stereocenters. The Morgan fingerprint density at radius 3 is 2.62 bits per heavy atom. The molecule has 0 unspecified atom stereocenters. The Morgan fingerprint density at radius 1 is 1.56 bits per heavy atom. The molecule has 1 aromatic rings. The van der Waals surface area contributed by atoms with E-state index in [1.54, 1.807) is 24.9 Å². The van der Waals surface area contributed by atoms with Crippen LogP contribution < -0.4 is 10.6 Å². The summed E-state index contributed by atoms with van der Waals surface area (Å²) in [6, 6.07) is 4.48. The van der Waals surface area contributed by atoms with Gasteiger partial charge in [0.25, 0.3) is 5.69 Å². The minimum absolute atomic E-state index is 0.0359. The van der Waals surface area contributed by atoms with Crippen LogP contribution in [-0.2, 0) is 4.79 Å². The van der Waals surface area contributed by atoms with E-state index in [9.17, 15) is 14.9 Å². The summed E-state index contributed by atoms with van der Waals surface area (Å²) < 4.78 is 0. The molecule has 0 fully saturated rings. The molecule has 1 rings (SSSR count). The standard InChI is InChI=1S/C10H13N3O3/c1-7-5-8(13(15)16)3-4-9(7)12(2)6-10(11)14/h3-5H,6H2,1-2H3,(H2,11,14). The van der Waals surface area contributed by atoms with Gasteiger partial charge in [0.05, 0.1) is 11.5 Å². The lowest BCUT2D eigenvalue weighted by molar-refractivity contribution is -0.384. The average molecular weight is 223 g/mol. The van der Waals surface area contributed by atoms with Crippen molar-refractivity contribution in [2.45, 2.75) is 6.92 Å². The summed E-state index contributed by atoms with van der Waals surface area (Å²) in [5.41, 5.74) is 6.59. The zero-order valence-electron chi connectivity index (χ0n) is 9.14. The lowest BCUT2D eigenvalue weighted by Gasteiger charge is -2.19. The Hall–Kier alpha value is -2.11. The van der Waals surface area contributed by atoms with Gasteiger partial charge in [-0.15, -0.1) is 0 Å². The predicted octanol–water partition coefficient (Wildman–Crippen LogP) is 0.825. The van der Waals surface area contributed by atoms with E-state index in [0.29, 0.717) is 0 Å². The predicted molar refractivity (Wildman–Crippen MR) is 60.3 cm³/mol. The molecule has 0 bridgehead atoms. The third-order valence-corrected chi connectivity index (χ3v) is 2.20. The number of nitrogens with two attached hydrogens (primary N) is 1. The number of carbonyl (C=O) groups is 1. The molecule has 1 amide bonds. The molecule has 0 aliphatic carbocycles. The molecule has 0 radical (unpaired) electrons. The van der Waals surface area contributed by atoms with Crippen LogP contribution in [0.1, 0.15) is 5.56 Å². The van der Waals surface area contributed by atoms with E-state index in [-0.39, 0.29) is 12.2 Å². The molecule has 6 nitrogen and oxygen atoms in total. The molecule has 0 heterocycles. The molecular weight excluding hydrogens is 210 g/mol. The molecule has 0 saturated carbocycles. The highest BCUT2D eigenvalue weighted by Crippen LogP contribution is 2.23. The number of likely N-dealkylation sites (N-methyl/N-ethyl adjacent to an activating group) is 1. The summed E-state index contributed by atoms with van der Waals surface area (Å²) in [4.78, 5) is 22.5. The molecule has 0 saturated heterocycles. The Morgan fingerprint density at radius 2 is 2.19 bits per heavy atom. The van der Waals surface area contributed by atoms with Crippen molar-refractivity contribution >= 4 is 17.3 Å². The van der Waals surface area contributed by atoms with E-state index in [1.807, 2.05) is 0 Å². The van der Waals surface area contributed by atoms with Crippen LogP contribution in [0, 0.1) is 17.0 Å². The van der Waals surface area contributed by atoms with Crippen LogP contribution in [0.2, 0.25) is 0 Å². The highest BCUT2D eigenvalue weighted by Gasteiger charge is 2.11. The van der Waals surface area contributed by atoms with E-state index in [0.717, 1.165) is 11.3 Å². The number of non-ortho nitro benzene ring substituents is 1. The Balaban J connectivity index is 2.98. The smallest absolute Gasteiger partial charge is 0.269 e. The van der Waals surface area contributed by atoms with Crippen molar-refractivity contribution < 1.29 is 9.72 Å². The first-order chi connectivity index (χ1) is 7.41. The van der Waals surface area contributed by atoms with Gasteiger partial charge in [0.1, 0.15) is 0 Å². The van der Waals surface area contributed by atoms with E-state index >= 15 is 0 Å². The first kappa shape index (κ1) is 12.0. The number of nitrogens with zero attached hydrogens (tertiary/aromatic N) is 2. The van der Waals surface area contributed by atoms with Crippen molar-refractivity contribution in [2.24, 2.45) is 5.73 Å². The number of nitro benzene ring substituents is 1. The molecule has 1 aromatic carbocycles. The van der Waals surface area contributed by atoms with E-state index in [4.69, 9.17) is 5.73 Å². The van der Waals surface area contributed by atoms with Gasteiger partial charge in [-0.3, -0.25) is 14.9 Å². The Kier molecular flexibility index (Phi) is 3.44. The van der Waals surface area contributed by atoms with Crippen LogP contribution in [0.25, 0.3) is 0 Å². The largest absolute Gasteiger partial charge is 0.368 e. The molecule has 16 heavy (non-hydrogen) atoms. The van der Waals surface area contributed by atoms with Crippen LogP contribution in [0.3, 0.4) is 0 Å². The second kappa shape index (κ2) is 4.61. The highest BCUT2D eigenvalue weighted by molar-refractivity contribution is 5.79. The van der Waals surface area contributed by atoms with Crippen molar-refractivity contribution in [2.75, 3.05) is 18.5 Å². The van der Waals surface area contributed by atoms with Crippen molar-refractivity contribution in [3.8, 4) is 0 Å². The molecular formula is C10H13N3O3. The molecule has 0 spiro atoms. The summed E-state index contributed by atoms with van der Waals surface area (Å²) in [6.45, 7) is 1.83. The normalized spacial score (nSPS) is 9.88. The zero-order valence-corrected chi connectivity index (χ0v) is 9.14. The topological polar surface area (TPSA) is 89.5 Å². The number of benzene rings is 1. The van der Waals surface area contributed by atoms with Gasteiger partial charge in [-0.25, -0.2) is 0 Å². The summed E-state index contributed by atoms with van der Waals surface area (Å²) in [7, 11) is 1.71. The lowest BCUT2D eigenvalue weighted by atomic mass is 10.1. The van der Waals surface area contributed by atoms with Crippen LogP contribution in [0.5, 0.6) is 0 Å². The van der Waals surface area contributed by atoms with Gasteiger partial charge in [0, 0.05) is 24.9 Å². The van der Waals surface area contributed by atoms with Gasteiger partial charge in [-0.05, 0) is 18.6 Å². The van der Waals surface area contributed by atoms with Crippen LogP contribution in [0.4, 0.5) is 11.4 Å². The molecule has 2 N–H and O–H groups in total. The summed E-state index contributed by atoms with van der Waals surface area (Å²) in [5, 5.41) is 10.5. The van der Waals surface area contributed by atoms with Gasteiger partial charge in [-0.1, -0.05) is 0 Å². The Bertz CT molecular complexity index is 431. The minimum Gasteiger partial charge on any atom is -0.368 e. The summed E-state index contributed by atoms with van der Waals surface area (Å²) in [5.74, 6) is -0.444. The fourth-order valence-electron chi connectivity index (χ4n) is 1.50. The number of primary amides is 1. The minimum atomic E-state index is -0.454. The number of aryl methyl sites for hydroxylation is 1. The second-order valence-corrected chi connectivity index (χ2v) is 3.55. The van der Waals surface area contributed by atoms with E-state index in [2.05, 4.69) is 0 Å². The number of amides is 1. The zero-order chi connectivity index (χ0) is 12.3. The van der Waals surface area contributed by atoms with Gasteiger partial charge in [-0.2, -0.15) is 0 Å². The number of carbonyl (C=O) groups excluding carboxylic acids is 1. The maximum absolute atomic E-state index is 10.7. The van der Waals surface area contributed by atoms with Gasteiger partial charge in [0.2, 0.25) is 5.91 Å². The molecule has 0 aromatic heterocycles. The maximum Gasteiger partial charge on any atom is 0.269 e. The summed E-state index contributed by atoms with van der Waals surface area (Å²) in [6.07, 6.45) is 0. The number of anilines is 1. The van der Waals surface area contributed by atoms with Crippen molar-refractivity contribution in [3.05, 3.63) is 33.9 Å². The number of rotatable bonds is 4. The fraction of sp³-hybridized carbons (Fsp3) is 0.300. The van der Waals surface area contributed by atoms with Gasteiger partial charge in [0.15, 0.2) is 0 Å².